The third-order valence-electron chi connectivity index (χ3n) is 5.19. The van der Waals surface area contributed by atoms with Gasteiger partial charge in [-0.05, 0) is 25.1 Å². The molecule has 1 aliphatic rings. The molecule has 37 heavy (non-hydrogen) atoms. The predicted octanol–water partition coefficient (Wildman–Crippen LogP) is -0.366. The van der Waals surface area contributed by atoms with Crippen molar-refractivity contribution >= 4 is 17.8 Å². The maximum absolute atomic E-state index is 11.9. The van der Waals surface area contributed by atoms with E-state index in [1.165, 1.54) is 32.2 Å². The molecule has 0 aromatic heterocycles. The van der Waals surface area contributed by atoms with Gasteiger partial charge in [-0.1, -0.05) is 18.4 Å². The number of nitrogens with one attached hydrogen (secondary N) is 1. The number of esters is 2. The summed E-state index contributed by atoms with van der Waals surface area (Å²) in [5.74, 6) is 3.36. The van der Waals surface area contributed by atoms with Gasteiger partial charge >= 0.3 is 11.9 Å². The van der Waals surface area contributed by atoms with Crippen molar-refractivity contribution < 1.29 is 53.4 Å². The van der Waals surface area contributed by atoms with Crippen molar-refractivity contribution in [3.8, 4) is 17.6 Å². The Labute approximate surface area is 214 Å². The Bertz CT molecular complexity index is 1040. The van der Waals surface area contributed by atoms with E-state index in [0.29, 0.717) is 5.56 Å². The maximum atomic E-state index is 11.9. The van der Waals surface area contributed by atoms with Crippen molar-refractivity contribution in [2.75, 3.05) is 33.5 Å². The van der Waals surface area contributed by atoms with Crippen molar-refractivity contribution in [3.05, 3.63) is 41.5 Å². The summed E-state index contributed by atoms with van der Waals surface area (Å²) in [6, 6.07) is 3.11. The molecule has 1 aliphatic heterocycles. The highest BCUT2D eigenvalue weighted by atomic mass is 16.7. The summed E-state index contributed by atoms with van der Waals surface area (Å²) in [6.45, 7) is 5.52. The molecule has 0 unspecified atom stereocenters. The second kappa shape index (κ2) is 14.3. The Morgan fingerprint density at radius 2 is 1.97 bits per heavy atom. The third kappa shape index (κ3) is 8.28. The first-order chi connectivity index (χ1) is 17.6. The van der Waals surface area contributed by atoms with E-state index in [1.54, 1.807) is 6.92 Å². The number of rotatable bonds is 10. The van der Waals surface area contributed by atoms with Gasteiger partial charge in [-0.2, -0.15) is 0 Å². The molecule has 0 bridgehead atoms. The molecule has 0 aliphatic carbocycles. The van der Waals surface area contributed by atoms with E-state index in [-0.39, 0.29) is 36.7 Å². The highest BCUT2D eigenvalue weighted by Gasteiger charge is 2.47. The largest absolute Gasteiger partial charge is 0.507 e. The topological polar surface area (TPSA) is 170 Å². The van der Waals surface area contributed by atoms with E-state index >= 15 is 0 Å². The first-order valence-corrected chi connectivity index (χ1v) is 11.3. The fourth-order valence-electron chi connectivity index (χ4n) is 3.44. The smallest absolute Gasteiger partial charge is 0.341 e. The van der Waals surface area contributed by atoms with Crippen LogP contribution in [0, 0.1) is 11.8 Å². The maximum Gasteiger partial charge on any atom is 0.341 e. The summed E-state index contributed by atoms with van der Waals surface area (Å²) >= 11 is 0. The molecule has 12 nitrogen and oxygen atoms in total. The van der Waals surface area contributed by atoms with Gasteiger partial charge in [-0.3, -0.25) is 4.79 Å². The molecule has 202 valence electrons. The van der Waals surface area contributed by atoms with Crippen LogP contribution in [0.2, 0.25) is 0 Å². The van der Waals surface area contributed by atoms with Crippen LogP contribution in [0.15, 0.2) is 30.4 Å². The second-order valence-corrected chi connectivity index (χ2v) is 7.88. The number of phenols is 1. The SMILES string of the molecule is C=C(CO[C@@H]1[C@H](O)[C@H](CO)O[C@@H](OCC#Cc2ccc(O)c(C(=O)OC)c2)[C@H]1NC(C)=O)C(=O)OCC. The Hall–Kier alpha value is -3.47. The number of ether oxygens (including phenoxy) is 5. The molecule has 12 heteroatoms. The number of phenolic OH excluding ortho intramolecular Hbond substituents is 1. The van der Waals surface area contributed by atoms with Crippen LogP contribution >= 0.6 is 0 Å². The molecular formula is C25H31NO11. The summed E-state index contributed by atoms with van der Waals surface area (Å²) in [7, 11) is 1.18. The quantitative estimate of drug-likeness (QED) is 0.180. The fraction of sp³-hybridized carbons (Fsp3) is 0.480. The Morgan fingerprint density at radius 3 is 2.59 bits per heavy atom. The van der Waals surface area contributed by atoms with Crippen molar-refractivity contribution in [2.45, 2.75) is 44.5 Å². The molecule has 1 aromatic rings. The predicted molar refractivity (Wildman–Crippen MR) is 127 cm³/mol. The van der Waals surface area contributed by atoms with Crippen LogP contribution in [0.3, 0.4) is 0 Å². The highest BCUT2D eigenvalue weighted by molar-refractivity contribution is 5.92. The molecular weight excluding hydrogens is 490 g/mol. The van der Waals surface area contributed by atoms with Crippen molar-refractivity contribution in [1.82, 2.24) is 5.32 Å². The number of hydrogen-bond donors (Lipinski definition) is 4. The minimum absolute atomic E-state index is 0.00813. The fourth-order valence-corrected chi connectivity index (χ4v) is 3.44. The summed E-state index contributed by atoms with van der Waals surface area (Å²) in [5.41, 5.74) is 0.332. The van der Waals surface area contributed by atoms with Crippen molar-refractivity contribution in [3.63, 3.8) is 0 Å². The van der Waals surface area contributed by atoms with E-state index in [9.17, 15) is 29.7 Å². The van der Waals surface area contributed by atoms with Crippen LogP contribution in [0.4, 0.5) is 0 Å². The first-order valence-electron chi connectivity index (χ1n) is 11.3. The molecule has 4 N–H and O–H groups in total. The zero-order chi connectivity index (χ0) is 27.5. The van der Waals surface area contributed by atoms with Crippen LogP contribution in [0.1, 0.15) is 29.8 Å². The molecule has 1 heterocycles. The van der Waals surface area contributed by atoms with E-state index in [1.807, 2.05) is 0 Å². The Kier molecular flexibility index (Phi) is 11.5. The van der Waals surface area contributed by atoms with E-state index in [0.717, 1.165) is 0 Å². The van der Waals surface area contributed by atoms with E-state index in [2.05, 4.69) is 28.5 Å². The van der Waals surface area contributed by atoms with Gasteiger partial charge in [-0.15, -0.1) is 0 Å². The Morgan fingerprint density at radius 1 is 1.24 bits per heavy atom. The zero-order valence-corrected chi connectivity index (χ0v) is 20.8. The van der Waals surface area contributed by atoms with Crippen LogP contribution in [-0.2, 0) is 33.3 Å². The summed E-state index contributed by atoms with van der Waals surface area (Å²) in [6.07, 6.45) is -4.83. The minimum atomic E-state index is -1.38. The molecule has 1 amide bonds. The standard InChI is InChI=1S/C25H31NO11/c1-5-34-23(31)14(2)13-36-22-20(26-15(3)28)25(37-19(12-27)21(22)30)35-10-6-7-16-8-9-18(29)17(11-16)24(32)33-4/h8-9,11,19-22,25,27,29-30H,2,5,10,12-13H2,1,3-4H3,(H,26,28)/t19-,20-,21+,22-,25+/m0/s1. The molecule has 5 atom stereocenters. The number of aliphatic hydroxyl groups is 2. The highest BCUT2D eigenvalue weighted by Crippen LogP contribution is 2.25. The van der Waals surface area contributed by atoms with Gasteiger partial charge in [-0.25, -0.2) is 9.59 Å². The average Bonchev–Trinajstić information content (AvgIpc) is 2.87. The lowest BCUT2D eigenvalue weighted by Gasteiger charge is -2.43. The lowest BCUT2D eigenvalue weighted by molar-refractivity contribution is -0.272. The van der Waals surface area contributed by atoms with Gasteiger partial charge in [0.1, 0.15) is 42.3 Å². The molecule has 0 radical (unpaired) electrons. The summed E-state index contributed by atoms with van der Waals surface area (Å²) < 4.78 is 26.5. The van der Waals surface area contributed by atoms with Gasteiger partial charge in [0.15, 0.2) is 6.29 Å². The molecule has 0 spiro atoms. The molecule has 1 fully saturated rings. The van der Waals surface area contributed by atoms with Crippen molar-refractivity contribution in [1.29, 1.82) is 0 Å². The number of amides is 1. The first kappa shape index (κ1) is 29.8. The Balaban J connectivity index is 2.17. The van der Waals surface area contributed by atoms with Crippen LogP contribution in [-0.4, -0.2) is 97.3 Å². The zero-order valence-electron chi connectivity index (χ0n) is 20.8. The van der Waals surface area contributed by atoms with E-state index < -0.39 is 55.1 Å². The lowest BCUT2D eigenvalue weighted by atomic mass is 9.96. The number of aliphatic hydroxyl groups excluding tert-OH is 2. The van der Waals surface area contributed by atoms with E-state index in [4.69, 9.17) is 18.9 Å². The number of methoxy groups -OCH3 is 1. The number of carbonyl (C=O) groups excluding carboxylic acids is 3. The van der Waals surface area contributed by atoms with Crippen LogP contribution in [0.25, 0.3) is 0 Å². The molecule has 2 rings (SSSR count). The van der Waals surface area contributed by atoms with Gasteiger partial charge in [0.25, 0.3) is 0 Å². The monoisotopic (exact) mass is 521 g/mol. The van der Waals surface area contributed by atoms with Gasteiger partial charge < -0.3 is 44.3 Å². The van der Waals surface area contributed by atoms with Gasteiger partial charge in [0, 0.05) is 12.5 Å². The second-order valence-electron chi connectivity index (χ2n) is 7.88. The number of aromatic hydroxyl groups is 1. The van der Waals surface area contributed by atoms with Gasteiger partial charge in [0.05, 0.1) is 32.5 Å². The number of benzene rings is 1. The summed E-state index contributed by atoms with van der Waals surface area (Å²) in [5, 5.41) is 32.7. The normalized spacial score (nSPS) is 22.8. The molecule has 0 saturated carbocycles. The van der Waals surface area contributed by atoms with Crippen molar-refractivity contribution in [2.24, 2.45) is 0 Å². The third-order valence-corrected chi connectivity index (χ3v) is 5.19. The average molecular weight is 522 g/mol. The van der Waals surface area contributed by atoms with Crippen LogP contribution in [0.5, 0.6) is 5.75 Å². The minimum Gasteiger partial charge on any atom is -0.507 e. The number of carbonyl (C=O) groups is 3. The lowest BCUT2D eigenvalue weighted by Crippen LogP contribution is -2.65. The number of hydrogen-bond acceptors (Lipinski definition) is 11. The molecule has 1 saturated heterocycles. The van der Waals surface area contributed by atoms with Crippen LogP contribution < -0.4 is 5.32 Å². The summed E-state index contributed by atoms with van der Waals surface area (Å²) in [4.78, 5) is 35.4. The molecule has 1 aromatic carbocycles. The van der Waals surface area contributed by atoms with Gasteiger partial charge in [0.2, 0.25) is 5.91 Å².